The Morgan fingerprint density at radius 2 is 1.72 bits per heavy atom. The number of aromatic nitrogens is 1. The number of piperazine rings is 1. The van der Waals surface area contributed by atoms with Crippen molar-refractivity contribution in [2.45, 2.75) is 58.0 Å². The topological polar surface area (TPSA) is 196 Å². The molecule has 2 atom stereocenters. The first kappa shape index (κ1) is 33.9. The van der Waals surface area contributed by atoms with E-state index in [1.54, 1.807) is 19.1 Å². The van der Waals surface area contributed by atoms with Crippen LogP contribution >= 0.6 is 0 Å². The van der Waals surface area contributed by atoms with Crippen LogP contribution in [0.2, 0.25) is 0 Å². The standard InChI is InChI=1S/C31H39N5O10/c1-3-45-31(44)35-14-12-34(13-15-35)29(41)21(9-10-27(38)39)33-28(40)23-17-25(20-8-7-19(2)16-22(20)32-23)46-18-26(37)36-11-5-4-6-24(36)30(42)43/h7-8,16-17,21,24H,3-6,9-15,18H2,1-2H3,(H,33,40)(H,38,39)(H,42,43). The van der Waals surface area contributed by atoms with Crippen molar-refractivity contribution in [1.82, 2.24) is 25.0 Å². The minimum absolute atomic E-state index is 0.123. The lowest BCUT2D eigenvalue weighted by atomic mass is 10.0. The van der Waals surface area contributed by atoms with E-state index in [4.69, 9.17) is 9.47 Å². The molecule has 2 aliphatic heterocycles. The molecule has 2 fully saturated rings. The highest BCUT2D eigenvalue weighted by molar-refractivity contribution is 5.99. The molecule has 1 aromatic carbocycles. The molecule has 15 nitrogen and oxygen atoms in total. The zero-order valence-corrected chi connectivity index (χ0v) is 25.9. The van der Waals surface area contributed by atoms with Crippen LogP contribution in [0.25, 0.3) is 10.9 Å². The van der Waals surface area contributed by atoms with Gasteiger partial charge in [0, 0.05) is 50.6 Å². The van der Waals surface area contributed by atoms with E-state index in [1.807, 2.05) is 13.0 Å². The minimum atomic E-state index is -1.19. The Morgan fingerprint density at radius 3 is 2.39 bits per heavy atom. The molecule has 0 aliphatic carbocycles. The Bertz CT molecular complexity index is 1490. The van der Waals surface area contributed by atoms with Gasteiger partial charge < -0.3 is 39.7 Å². The number of carboxylic acids is 2. The van der Waals surface area contributed by atoms with Crippen LogP contribution in [0, 0.1) is 6.92 Å². The molecule has 2 saturated heterocycles. The number of carboxylic acid groups (broad SMARTS) is 2. The summed E-state index contributed by atoms with van der Waals surface area (Å²) in [6.07, 6.45) is 0.692. The van der Waals surface area contributed by atoms with Gasteiger partial charge in [-0.2, -0.15) is 0 Å². The highest BCUT2D eigenvalue weighted by atomic mass is 16.6. The predicted molar refractivity (Wildman–Crippen MR) is 162 cm³/mol. The molecule has 2 unspecified atom stereocenters. The summed E-state index contributed by atoms with van der Waals surface area (Å²) >= 11 is 0. The van der Waals surface area contributed by atoms with Gasteiger partial charge >= 0.3 is 18.0 Å². The molecule has 4 amide bonds. The number of rotatable bonds is 11. The van der Waals surface area contributed by atoms with Crippen LogP contribution in [0.15, 0.2) is 24.3 Å². The first-order chi connectivity index (χ1) is 22.0. The number of aryl methyl sites for hydroxylation is 1. The summed E-state index contributed by atoms with van der Waals surface area (Å²) in [5.41, 5.74) is 1.11. The van der Waals surface area contributed by atoms with Crippen LogP contribution in [-0.2, 0) is 23.9 Å². The van der Waals surface area contributed by atoms with Gasteiger partial charge in [-0.1, -0.05) is 6.07 Å². The minimum Gasteiger partial charge on any atom is -0.483 e. The number of amides is 4. The van der Waals surface area contributed by atoms with Crippen molar-refractivity contribution in [2.24, 2.45) is 0 Å². The number of benzene rings is 1. The SMILES string of the molecule is CCOC(=O)N1CCN(C(=O)C(CCC(=O)O)NC(=O)c2cc(OCC(=O)N3CCCCC3C(=O)O)c3ccc(C)cc3n2)CC1. The van der Waals surface area contributed by atoms with Gasteiger partial charge in [0.15, 0.2) is 6.61 Å². The fraction of sp³-hybridized carbons (Fsp3) is 0.516. The molecule has 4 rings (SSSR count). The second-order valence-corrected chi connectivity index (χ2v) is 11.2. The van der Waals surface area contributed by atoms with Gasteiger partial charge in [0.1, 0.15) is 23.5 Å². The first-order valence-electron chi connectivity index (χ1n) is 15.3. The number of fused-ring (bicyclic) bond motifs is 1. The highest BCUT2D eigenvalue weighted by Crippen LogP contribution is 2.27. The Balaban J connectivity index is 1.52. The molecule has 0 saturated carbocycles. The molecule has 2 aliphatic rings. The number of piperidine rings is 1. The fourth-order valence-corrected chi connectivity index (χ4v) is 5.55. The fourth-order valence-electron chi connectivity index (χ4n) is 5.55. The van der Waals surface area contributed by atoms with Crippen LogP contribution in [-0.4, -0.2) is 124 Å². The van der Waals surface area contributed by atoms with E-state index in [1.165, 1.54) is 20.8 Å². The molecular weight excluding hydrogens is 602 g/mol. The second kappa shape index (κ2) is 15.4. The summed E-state index contributed by atoms with van der Waals surface area (Å²) in [4.78, 5) is 83.8. The summed E-state index contributed by atoms with van der Waals surface area (Å²) in [6, 6.07) is 4.48. The Kier molecular flexibility index (Phi) is 11.3. The molecule has 15 heteroatoms. The van der Waals surface area contributed by atoms with Gasteiger partial charge in [-0.05, 0) is 57.2 Å². The number of carbonyl (C=O) groups excluding carboxylic acids is 4. The average Bonchev–Trinajstić information content (AvgIpc) is 3.04. The first-order valence-corrected chi connectivity index (χ1v) is 15.3. The Labute approximate surface area is 265 Å². The predicted octanol–water partition coefficient (Wildman–Crippen LogP) is 1.65. The van der Waals surface area contributed by atoms with Crippen molar-refractivity contribution in [1.29, 1.82) is 0 Å². The van der Waals surface area contributed by atoms with Crippen LogP contribution in [0.3, 0.4) is 0 Å². The molecule has 1 aromatic heterocycles. The van der Waals surface area contributed by atoms with E-state index in [0.717, 1.165) is 5.56 Å². The number of likely N-dealkylation sites (tertiary alicyclic amines) is 1. The Hall–Kier alpha value is -4.95. The molecule has 2 aromatic rings. The Morgan fingerprint density at radius 1 is 1.00 bits per heavy atom. The summed E-state index contributed by atoms with van der Waals surface area (Å²) in [6.45, 7) is 4.38. The van der Waals surface area contributed by atoms with Crippen molar-refractivity contribution < 1.29 is 48.5 Å². The zero-order valence-electron chi connectivity index (χ0n) is 25.9. The second-order valence-electron chi connectivity index (χ2n) is 11.2. The number of nitrogens with one attached hydrogen (secondary N) is 1. The number of carbonyl (C=O) groups is 6. The van der Waals surface area contributed by atoms with Crippen molar-refractivity contribution in [3.05, 3.63) is 35.5 Å². The van der Waals surface area contributed by atoms with Gasteiger partial charge in [0.25, 0.3) is 11.8 Å². The van der Waals surface area contributed by atoms with Crippen LogP contribution in [0.4, 0.5) is 4.79 Å². The molecule has 0 bridgehead atoms. The quantitative estimate of drug-likeness (QED) is 0.323. The van der Waals surface area contributed by atoms with E-state index in [2.05, 4.69) is 10.3 Å². The third kappa shape index (κ3) is 8.40. The molecule has 3 N–H and O–H groups in total. The number of nitrogens with zero attached hydrogens (tertiary/aromatic N) is 4. The maximum atomic E-state index is 13.5. The molecule has 3 heterocycles. The van der Waals surface area contributed by atoms with Crippen molar-refractivity contribution >= 4 is 46.7 Å². The van der Waals surface area contributed by atoms with E-state index in [-0.39, 0.29) is 57.1 Å². The third-order valence-electron chi connectivity index (χ3n) is 7.99. The maximum absolute atomic E-state index is 13.5. The van der Waals surface area contributed by atoms with Gasteiger partial charge in [0.05, 0.1) is 12.1 Å². The largest absolute Gasteiger partial charge is 0.483 e. The molecule has 0 radical (unpaired) electrons. The van der Waals surface area contributed by atoms with Crippen LogP contribution in [0.5, 0.6) is 5.75 Å². The smallest absolute Gasteiger partial charge is 0.409 e. The lowest BCUT2D eigenvalue weighted by molar-refractivity contribution is -0.152. The number of hydrogen-bond donors (Lipinski definition) is 3. The highest BCUT2D eigenvalue weighted by Gasteiger charge is 2.33. The monoisotopic (exact) mass is 641 g/mol. The van der Waals surface area contributed by atoms with Crippen LogP contribution < -0.4 is 10.1 Å². The number of hydrogen-bond acceptors (Lipinski definition) is 9. The number of ether oxygens (including phenoxy) is 2. The van der Waals surface area contributed by atoms with E-state index in [9.17, 15) is 39.0 Å². The maximum Gasteiger partial charge on any atom is 0.409 e. The lowest BCUT2D eigenvalue weighted by Crippen LogP contribution is -2.56. The van der Waals surface area contributed by atoms with Crippen LogP contribution in [0.1, 0.15) is 55.1 Å². The number of pyridine rings is 1. The normalized spacial score (nSPS) is 17.3. The lowest BCUT2D eigenvalue weighted by Gasteiger charge is -2.35. The molecule has 46 heavy (non-hydrogen) atoms. The van der Waals surface area contributed by atoms with E-state index < -0.39 is 54.4 Å². The van der Waals surface area contributed by atoms with Crippen molar-refractivity contribution in [2.75, 3.05) is 45.9 Å². The summed E-state index contributed by atoms with van der Waals surface area (Å²) in [5.74, 6) is -3.81. The van der Waals surface area contributed by atoms with Gasteiger partial charge in [0.2, 0.25) is 5.91 Å². The summed E-state index contributed by atoms with van der Waals surface area (Å²) < 4.78 is 10.9. The molecule has 0 spiro atoms. The molecule has 248 valence electrons. The van der Waals surface area contributed by atoms with Gasteiger partial charge in [-0.15, -0.1) is 0 Å². The van der Waals surface area contributed by atoms with E-state index >= 15 is 0 Å². The van der Waals surface area contributed by atoms with Gasteiger partial charge in [-0.3, -0.25) is 19.2 Å². The van der Waals surface area contributed by atoms with Gasteiger partial charge in [-0.25, -0.2) is 14.6 Å². The average molecular weight is 642 g/mol. The third-order valence-corrected chi connectivity index (χ3v) is 7.99. The zero-order chi connectivity index (χ0) is 33.4. The van der Waals surface area contributed by atoms with Crippen molar-refractivity contribution in [3.8, 4) is 5.75 Å². The summed E-state index contributed by atoms with van der Waals surface area (Å²) in [5, 5.41) is 22.0. The van der Waals surface area contributed by atoms with Crippen molar-refractivity contribution in [3.63, 3.8) is 0 Å². The molecular formula is C31H39N5O10. The summed E-state index contributed by atoms with van der Waals surface area (Å²) in [7, 11) is 0. The number of aliphatic carboxylic acids is 2. The van der Waals surface area contributed by atoms with E-state index in [0.29, 0.717) is 36.7 Å².